The molecule has 0 amide bonds. The Morgan fingerprint density at radius 3 is 2.71 bits per heavy atom. The van der Waals surface area contributed by atoms with Crippen molar-refractivity contribution in [1.29, 1.82) is 0 Å². The highest BCUT2D eigenvalue weighted by Crippen LogP contribution is 2.20. The van der Waals surface area contributed by atoms with Gasteiger partial charge in [0.15, 0.2) is 5.96 Å². The predicted octanol–water partition coefficient (Wildman–Crippen LogP) is 2.78. The second kappa shape index (κ2) is 8.77. The number of rotatable bonds is 4. The maximum Gasteiger partial charge on any atom is 0.191 e. The zero-order valence-corrected chi connectivity index (χ0v) is 15.6. The summed E-state index contributed by atoms with van der Waals surface area (Å²) in [5, 5.41) is 0. The van der Waals surface area contributed by atoms with Crippen molar-refractivity contribution in [2.45, 2.75) is 32.9 Å². The summed E-state index contributed by atoms with van der Waals surface area (Å²) in [6.07, 6.45) is 2.69. The van der Waals surface area contributed by atoms with E-state index in [1.807, 2.05) is 11.8 Å². The van der Waals surface area contributed by atoms with Crippen molar-refractivity contribution in [2.75, 3.05) is 37.7 Å². The lowest BCUT2D eigenvalue weighted by Crippen LogP contribution is -2.42. The molecule has 2 aliphatic rings. The first kappa shape index (κ1) is 17.6. The Morgan fingerprint density at radius 2 is 1.96 bits per heavy atom. The number of benzene rings is 1. The standard InChI is InChI=1S/C19H30N4S/c1-16-5-4-8-22(14-16)15-18-7-3-2-6-17(18)13-21-19(20)23-9-11-24-12-10-23/h2-3,6-7,16H,4-5,8-15H2,1H3,(H2,20,21). The molecule has 0 aromatic heterocycles. The molecule has 2 heterocycles. The van der Waals surface area contributed by atoms with Crippen LogP contribution in [0.5, 0.6) is 0 Å². The largest absolute Gasteiger partial charge is 0.370 e. The van der Waals surface area contributed by atoms with Crippen LogP contribution in [-0.2, 0) is 13.1 Å². The first-order chi connectivity index (χ1) is 11.7. The molecule has 2 fully saturated rings. The zero-order chi connectivity index (χ0) is 16.8. The third-order valence-electron chi connectivity index (χ3n) is 5.00. The van der Waals surface area contributed by atoms with Gasteiger partial charge in [0.05, 0.1) is 6.54 Å². The second-order valence-corrected chi connectivity index (χ2v) is 8.25. The van der Waals surface area contributed by atoms with Gasteiger partial charge in [-0.15, -0.1) is 0 Å². The third-order valence-corrected chi connectivity index (χ3v) is 5.94. The summed E-state index contributed by atoms with van der Waals surface area (Å²) in [5.74, 6) is 3.83. The second-order valence-electron chi connectivity index (χ2n) is 7.03. The molecule has 5 heteroatoms. The molecule has 1 aromatic rings. The lowest BCUT2D eigenvalue weighted by Gasteiger charge is -2.31. The Labute approximate surface area is 150 Å². The highest BCUT2D eigenvalue weighted by Gasteiger charge is 2.17. The summed E-state index contributed by atoms with van der Waals surface area (Å²) in [6.45, 7) is 8.56. The molecule has 24 heavy (non-hydrogen) atoms. The van der Waals surface area contributed by atoms with Crippen molar-refractivity contribution < 1.29 is 0 Å². The van der Waals surface area contributed by atoms with Gasteiger partial charge in [0, 0.05) is 37.7 Å². The fourth-order valence-electron chi connectivity index (χ4n) is 3.60. The van der Waals surface area contributed by atoms with Crippen molar-refractivity contribution in [1.82, 2.24) is 9.80 Å². The van der Waals surface area contributed by atoms with Gasteiger partial charge in [0.1, 0.15) is 0 Å². The lowest BCUT2D eigenvalue weighted by atomic mass is 9.99. The minimum Gasteiger partial charge on any atom is -0.370 e. The molecule has 0 radical (unpaired) electrons. The molecular formula is C19H30N4S. The van der Waals surface area contributed by atoms with Gasteiger partial charge in [-0.25, -0.2) is 4.99 Å². The van der Waals surface area contributed by atoms with Gasteiger partial charge in [-0.1, -0.05) is 31.2 Å². The molecule has 4 nitrogen and oxygen atoms in total. The summed E-state index contributed by atoms with van der Waals surface area (Å²) in [4.78, 5) is 9.48. The van der Waals surface area contributed by atoms with E-state index in [1.165, 1.54) is 37.1 Å². The van der Waals surface area contributed by atoms with E-state index in [0.717, 1.165) is 37.1 Å². The molecule has 0 spiro atoms. The maximum absolute atomic E-state index is 6.21. The van der Waals surface area contributed by atoms with Gasteiger partial charge < -0.3 is 10.6 Å². The van der Waals surface area contributed by atoms with Gasteiger partial charge in [-0.3, -0.25) is 4.90 Å². The number of guanidine groups is 1. The van der Waals surface area contributed by atoms with Crippen LogP contribution in [0.2, 0.25) is 0 Å². The van der Waals surface area contributed by atoms with Crippen LogP contribution in [0.15, 0.2) is 29.3 Å². The summed E-state index contributed by atoms with van der Waals surface area (Å²) < 4.78 is 0. The SMILES string of the molecule is CC1CCCN(Cc2ccccc2CN=C(N)N2CCSCC2)C1. The van der Waals surface area contributed by atoms with E-state index in [4.69, 9.17) is 5.73 Å². The summed E-state index contributed by atoms with van der Waals surface area (Å²) >= 11 is 1.99. The van der Waals surface area contributed by atoms with Crippen LogP contribution in [0.1, 0.15) is 30.9 Å². The number of piperidine rings is 1. The van der Waals surface area contributed by atoms with Crippen LogP contribution in [0.3, 0.4) is 0 Å². The number of hydrogen-bond acceptors (Lipinski definition) is 3. The van der Waals surface area contributed by atoms with E-state index < -0.39 is 0 Å². The molecule has 2 N–H and O–H groups in total. The molecule has 132 valence electrons. The van der Waals surface area contributed by atoms with Gasteiger partial charge in [0.25, 0.3) is 0 Å². The predicted molar refractivity (Wildman–Crippen MR) is 104 cm³/mol. The van der Waals surface area contributed by atoms with Crippen molar-refractivity contribution in [3.8, 4) is 0 Å². The van der Waals surface area contributed by atoms with Gasteiger partial charge >= 0.3 is 0 Å². The highest BCUT2D eigenvalue weighted by molar-refractivity contribution is 7.99. The molecule has 1 atom stereocenters. The average molecular weight is 347 g/mol. The first-order valence-corrected chi connectivity index (χ1v) is 10.3. The molecule has 2 saturated heterocycles. The van der Waals surface area contributed by atoms with Crippen molar-refractivity contribution in [3.63, 3.8) is 0 Å². The normalized spacial score (nSPS) is 23.5. The van der Waals surface area contributed by atoms with Crippen LogP contribution in [-0.4, -0.2) is 53.4 Å². The van der Waals surface area contributed by atoms with E-state index in [1.54, 1.807) is 0 Å². The van der Waals surface area contributed by atoms with E-state index in [0.29, 0.717) is 12.5 Å². The summed E-state index contributed by atoms with van der Waals surface area (Å²) in [6, 6.07) is 8.70. The number of nitrogens with zero attached hydrogens (tertiary/aromatic N) is 3. The van der Waals surface area contributed by atoms with Crippen LogP contribution < -0.4 is 5.73 Å². The molecular weight excluding hydrogens is 316 g/mol. The minimum absolute atomic E-state index is 0.690. The Hall–Kier alpha value is -1.20. The Balaban J connectivity index is 1.63. The topological polar surface area (TPSA) is 44.9 Å². The van der Waals surface area contributed by atoms with Crippen LogP contribution in [0, 0.1) is 5.92 Å². The molecule has 0 bridgehead atoms. The van der Waals surface area contributed by atoms with Crippen molar-refractivity contribution in [3.05, 3.63) is 35.4 Å². The fourth-order valence-corrected chi connectivity index (χ4v) is 4.50. The van der Waals surface area contributed by atoms with E-state index in [2.05, 4.69) is 46.0 Å². The van der Waals surface area contributed by atoms with E-state index in [9.17, 15) is 0 Å². The number of nitrogens with two attached hydrogens (primary N) is 1. The number of likely N-dealkylation sites (tertiary alicyclic amines) is 1. The van der Waals surface area contributed by atoms with E-state index >= 15 is 0 Å². The number of hydrogen-bond donors (Lipinski definition) is 1. The Bertz CT molecular complexity index is 554. The van der Waals surface area contributed by atoms with Crippen molar-refractivity contribution in [2.24, 2.45) is 16.6 Å². The minimum atomic E-state index is 0.690. The zero-order valence-electron chi connectivity index (χ0n) is 14.8. The van der Waals surface area contributed by atoms with E-state index in [-0.39, 0.29) is 0 Å². The number of aliphatic imine (C=N–C) groups is 1. The van der Waals surface area contributed by atoms with Crippen LogP contribution >= 0.6 is 11.8 Å². The van der Waals surface area contributed by atoms with Crippen molar-refractivity contribution >= 4 is 17.7 Å². The Morgan fingerprint density at radius 1 is 1.21 bits per heavy atom. The van der Waals surface area contributed by atoms with Gasteiger partial charge in [-0.2, -0.15) is 11.8 Å². The van der Waals surface area contributed by atoms with Crippen LogP contribution in [0.4, 0.5) is 0 Å². The quantitative estimate of drug-likeness (QED) is 0.673. The average Bonchev–Trinajstić information content (AvgIpc) is 2.61. The molecule has 1 aromatic carbocycles. The fraction of sp³-hybridized carbons (Fsp3) is 0.632. The van der Waals surface area contributed by atoms with Crippen LogP contribution in [0.25, 0.3) is 0 Å². The summed E-state index contributed by atoms with van der Waals surface area (Å²) in [5.41, 5.74) is 8.92. The molecule has 3 rings (SSSR count). The molecule has 2 aliphatic heterocycles. The highest BCUT2D eigenvalue weighted by atomic mass is 32.2. The summed E-state index contributed by atoms with van der Waals surface area (Å²) in [7, 11) is 0. The van der Waals surface area contributed by atoms with Gasteiger partial charge in [-0.05, 0) is 36.4 Å². The van der Waals surface area contributed by atoms with Gasteiger partial charge in [0.2, 0.25) is 0 Å². The lowest BCUT2D eigenvalue weighted by molar-refractivity contribution is 0.176. The number of thioether (sulfide) groups is 1. The monoisotopic (exact) mass is 346 g/mol. The first-order valence-electron chi connectivity index (χ1n) is 9.14. The smallest absolute Gasteiger partial charge is 0.191 e. The third kappa shape index (κ3) is 4.90. The molecule has 0 saturated carbocycles. The molecule has 0 aliphatic carbocycles. The molecule has 1 unspecified atom stereocenters. The maximum atomic E-state index is 6.21. The Kier molecular flexibility index (Phi) is 6.44.